The van der Waals surface area contributed by atoms with Crippen molar-refractivity contribution in [2.45, 2.75) is 18.7 Å². The van der Waals surface area contributed by atoms with Crippen molar-refractivity contribution < 1.29 is 0 Å². The van der Waals surface area contributed by atoms with Gasteiger partial charge in [-0.05, 0) is 53.3 Å². The van der Waals surface area contributed by atoms with Crippen molar-refractivity contribution in [3.05, 3.63) is 137 Å². The summed E-state index contributed by atoms with van der Waals surface area (Å²) in [5, 5.41) is 0. The van der Waals surface area contributed by atoms with Gasteiger partial charge in [-0.3, -0.25) is 0 Å². The zero-order chi connectivity index (χ0) is 22.8. The Hall–Kier alpha value is -3.62. The molecule has 0 atom stereocenters. The normalized spacial score (nSPS) is 15.4. The standard InChI is InChI=1S/C31H25NS/c1-21-12-10-19-28-29(32-23(3)24-13-6-4-7-14-24)31(33-30(21)28)22(2)26-17-11-18-27(20-26)25-15-8-5-9-16-25/h4-20H,3H2,1-2H3/b31-22-,32-29?. The Bertz CT molecular complexity index is 1400. The summed E-state index contributed by atoms with van der Waals surface area (Å²) in [5.41, 5.74) is 10.2. The maximum Gasteiger partial charge on any atom is 0.0862 e. The van der Waals surface area contributed by atoms with E-state index in [-0.39, 0.29) is 0 Å². The average molecular weight is 444 g/mol. The quantitative estimate of drug-likeness (QED) is 0.307. The largest absolute Gasteiger partial charge is 0.247 e. The maximum atomic E-state index is 5.08. The van der Waals surface area contributed by atoms with Crippen LogP contribution in [-0.4, -0.2) is 5.71 Å². The van der Waals surface area contributed by atoms with E-state index in [9.17, 15) is 0 Å². The summed E-state index contributed by atoms with van der Waals surface area (Å²) in [6.45, 7) is 8.66. The Morgan fingerprint density at radius 2 is 1.36 bits per heavy atom. The van der Waals surface area contributed by atoms with Gasteiger partial charge < -0.3 is 0 Å². The third kappa shape index (κ3) is 4.22. The predicted octanol–water partition coefficient (Wildman–Crippen LogP) is 8.66. The second kappa shape index (κ2) is 9.09. The van der Waals surface area contributed by atoms with Crippen molar-refractivity contribution in [3.63, 3.8) is 0 Å². The molecule has 1 nitrogen and oxygen atoms in total. The highest BCUT2D eigenvalue weighted by molar-refractivity contribution is 8.05. The third-order valence-electron chi connectivity index (χ3n) is 5.98. The number of thioether (sulfide) groups is 1. The van der Waals surface area contributed by atoms with Crippen LogP contribution in [0.15, 0.2) is 125 Å². The first-order valence-electron chi connectivity index (χ1n) is 11.1. The van der Waals surface area contributed by atoms with Crippen molar-refractivity contribution in [1.29, 1.82) is 0 Å². The molecule has 0 spiro atoms. The molecule has 0 N–H and O–H groups in total. The van der Waals surface area contributed by atoms with Crippen LogP contribution >= 0.6 is 11.8 Å². The van der Waals surface area contributed by atoms with E-state index in [1.54, 1.807) is 0 Å². The van der Waals surface area contributed by atoms with Crippen LogP contribution in [0.2, 0.25) is 0 Å². The van der Waals surface area contributed by atoms with E-state index in [0.29, 0.717) is 0 Å². The average Bonchev–Trinajstić information content (AvgIpc) is 3.24. The summed E-state index contributed by atoms with van der Waals surface area (Å²) in [7, 11) is 0. The molecule has 0 saturated heterocycles. The molecule has 4 aromatic carbocycles. The van der Waals surface area contributed by atoms with Gasteiger partial charge in [0.05, 0.1) is 11.4 Å². The zero-order valence-electron chi connectivity index (χ0n) is 18.9. The Morgan fingerprint density at radius 1 is 0.727 bits per heavy atom. The molecule has 0 radical (unpaired) electrons. The van der Waals surface area contributed by atoms with Crippen molar-refractivity contribution in [1.82, 2.24) is 0 Å². The molecule has 0 aliphatic carbocycles. The van der Waals surface area contributed by atoms with Gasteiger partial charge in [-0.1, -0.05) is 115 Å². The van der Waals surface area contributed by atoms with E-state index in [1.807, 2.05) is 30.0 Å². The summed E-state index contributed by atoms with van der Waals surface area (Å²) in [6.07, 6.45) is 0. The highest BCUT2D eigenvalue weighted by Gasteiger charge is 2.27. The highest BCUT2D eigenvalue weighted by Crippen LogP contribution is 2.46. The highest BCUT2D eigenvalue weighted by atomic mass is 32.2. The fourth-order valence-corrected chi connectivity index (χ4v) is 5.37. The Morgan fingerprint density at radius 3 is 2.12 bits per heavy atom. The lowest BCUT2D eigenvalue weighted by molar-refractivity contribution is 1.29. The first kappa shape index (κ1) is 21.2. The van der Waals surface area contributed by atoms with Gasteiger partial charge in [0.15, 0.2) is 0 Å². The molecule has 2 heteroatoms. The Labute approximate surface area is 200 Å². The number of rotatable bonds is 4. The third-order valence-corrected chi connectivity index (χ3v) is 7.43. The summed E-state index contributed by atoms with van der Waals surface area (Å²) in [4.78, 5) is 7.56. The van der Waals surface area contributed by atoms with Crippen LogP contribution in [0.4, 0.5) is 0 Å². The molecular formula is C31H25NS. The molecule has 0 unspecified atom stereocenters. The Kier molecular flexibility index (Phi) is 5.85. The molecule has 0 amide bonds. The minimum absolute atomic E-state index is 0.781. The van der Waals surface area contributed by atoms with Gasteiger partial charge in [0, 0.05) is 15.4 Å². The molecular weight excluding hydrogens is 418 g/mol. The topological polar surface area (TPSA) is 12.4 Å². The fourth-order valence-electron chi connectivity index (χ4n) is 4.14. The van der Waals surface area contributed by atoms with Crippen molar-refractivity contribution in [2.75, 3.05) is 0 Å². The van der Waals surface area contributed by atoms with Crippen molar-refractivity contribution in [2.24, 2.45) is 4.99 Å². The van der Waals surface area contributed by atoms with E-state index in [1.165, 1.54) is 43.2 Å². The number of aryl methyl sites for hydroxylation is 1. The molecule has 0 saturated carbocycles. The lowest BCUT2D eigenvalue weighted by Crippen LogP contribution is -2.01. The number of aliphatic imine (C=N–C) groups is 1. The van der Waals surface area contributed by atoms with Crippen LogP contribution < -0.4 is 0 Å². The van der Waals surface area contributed by atoms with Crippen LogP contribution in [0.5, 0.6) is 0 Å². The smallest absolute Gasteiger partial charge is 0.0862 e. The Balaban J connectivity index is 1.64. The summed E-state index contributed by atoms with van der Waals surface area (Å²) in [6, 6.07) is 36.0. The lowest BCUT2D eigenvalue weighted by Gasteiger charge is -2.11. The summed E-state index contributed by atoms with van der Waals surface area (Å²) < 4.78 is 0. The van der Waals surface area contributed by atoms with Crippen LogP contribution in [0, 0.1) is 6.92 Å². The van der Waals surface area contributed by atoms with E-state index in [0.717, 1.165) is 17.0 Å². The van der Waals surface area contributed by atoms with E-state index >= 15 is 0 Å². The molecule has 0 bridgehead atoms. The first-order valence-corrected chi connectivity index (χ1v) is 11.9. The summed E-state index contributed by atoms with van der Waals surface area (Å²) in [5.74, 6) is 0. The number of allylic oxidation sites excluding steroid dienone is 2. The predicted molar refractivity (Wildman–Crippen MR) is 144 cm³/mol. The minimum atomic E-state index is 0.781. The molecule has 1 aliphatic heterocycles. The first-order chi connectivity index (χ1) is 16.1. The van der Waals surface area contributed by atoms with E-state index in [4.69, 9.17) is 4.99 Å². The number of hydrogen-bond acceptors (Lipinski definition) is 2. The molecule has 160 valence electrons. The van der Waals surface area contributed by atoms with Gasteiger partial charge in [-0.25, -0.2) is 4.99 Å². The molecule has 4 aromatic rings. The van der Waals surface area contributed by atoms with Gasteiger partial charge in [-0.2, -0.15) is 0 Å². The molecule has 0 fully saturated rings. The van der Waals surface area contributed by atoms with Gasteiger partial charge in [0.1, 0.15) is 0 Å². The SMILES string of the molecule is C=C(N=C1/C(=C(\C)c2cccc(-c3ccccc3)c2)Sc2c(C)cccc21)c1ccccc1. The number of fused-ring (bicyclic) bond motifs is 1. The van der Waals surface area contributed by atoms with Gasteiger partial charge in [0.2, 0.25) is 0 Å². The maximum absolute atomic E-state index is 5.08. The van der Waals surface area contributed by atoms with Gasteiger partial charge in [-0.15, -0.1) is 0 Å². The van der Waals surface area contributed by atoms with E-state index in [2.05, 4.69) is 105 Å². The lowest BCUT2D eigenvalue weighted by atomic mass is 9.97. The van der Waals surface area contributed by atoms with Crippen molar-refractivity contribution >= 4 is 28.7 Å². The van der Waals surface area contributed by atoms with Gasteiger partial charge >= 0.3 is 0 Å². The van der Waals surface area contributed by atoms with Crippen molar-refractivity contribution in [3.8, 4) is 11.1 Å². The van der Waals surface area contributed by atoms with Crippen LogP contribution in [0.25, 0.3) is 22.4 Å². The van der Waals surface area contributed by atoms with Crippen LogP contribution in [-0.2, 0) is 0 Å². The van der Waals surface area contributed by atoms with E-state index < -0.39 is 0 Å². The fraction of sp³-hybridized carbons (Fsp3) is 0.0645. The monoisotopic (exact) mass is 443 g/mol. The van der Waals surface area contributed by atoms with Gasteiger partial charge in [0.25, 0.3) is 0 Å². The minimum Gasteiger partial charge on any atom is -0.247 e. The number of hydrogen-bond donors (Lipinski definition) is 0. The number of benzene rings is 4. The molecule has 0 aromatic heterocycles. The molecule has 5 rings (SSSR count). The second-order valence-electron chi connectivity index (χ2n) is 8.23. The zero-order valence-corrected chi connectivity index (χ0v) is 19.7. The second-order valence-corrected chi connectivity index (χ2v) is 9.25. The molecule has 1 aliphatic rings. The molecule has 1 heterocycles. The number of nitrogens with zero attached hydrogens (tertiary/aromatic N) is 1. The van der Waals surface area contributed by atoms with Crippen LogP contribution in [0.1, 0.15) is 29.2 Å². The van der Waals surface area contributed by atoms with Crippen LogP contribution in [0.3, 0.4) is 0 Å². The summed E-state index contributed by atoms with van der Waals surface area (Å²) >= 11 is 1.82. The molecule has 33 heavy (non-hydrogen) atoms.